The van der Waals surface area contributed by atoms with E-state index in [1.165, 1.54) is 0 Å². The van der Waals surface area contributed by atoms with Gasteiger partial charge in [-0.3, -0.25) is 9.59 Å². The molecule has 2 aromatic rings. The maximum Gasteiger partial charge on any atom is 0.254 e. The molecule has 0 aliphatic carbocycles. The lowest BCUT2D eigenvalue weighted by atomic mass is 9.89. The molecule has 1 amide bonds. The van der Waals surface area contributed by atoms with Crippen molar-refractivity contribution in [1.29, 1.82) is 0 Å². The van der Waals surface area contributed by atoms with Crippen molar-refractivity contribution >= 4 is 11.7 Å². The van der Waals surface area contributed by atoms with Gasteiger partial charge in [-0.05, 0) is 30.3 Å². The number of likely N-dealkylation sites (tertiary alicyclic amines) is 1. The topological polar surface area (TPSA) is 65.1 Å². The van der Waals surface area contributed by atoms with E-state index < -0.39 is 5.60 Å². The molecule has 5 rings (SSSR count). The van der Waals surface area contributed by atoms with Crippen molar-refractivity contribution in [2.24, 2.45) is 0 Å². The molecule has 3 heterocycles. The standard InChI is InChI=1S/C20H17NO5/c22-15-10-20(26-16-4-2-1-3-14(15)16)7-8-21(11-20)19(23)13-5-6-17-18(9-13)25-12-24-17/h1-6,9H,7-8,10-12H2. The van der Waals surface area contributed by atoms with Gasteiger partial charge in [0.05, 0.1) is 18.5 Å². The number of hydrogen-bond acceptors (Lipinski definition) is 5. The molecule has 0 N–H and O–H groups in total. The Balaban J connectivity index is 1.38. The molecule has 0 radical (unpaired) electrons. The minimum atomic E-state index is -0.628. The number of carbonyl (C=O) groups is 2. The third kappa shape index (κ3) is 2.33. The Morgan fingerprint density at radius 2 is 1.88 bits per heavy atom. The summed E-state index contributed by atoms with van der Waals surface area (Å²) >= 11 is 0. The van der Waals surface area contributed by atoms with Crippen LogP contribution in [0.1, 0.15) is 33.6 Å². The van der Waals surface area contributed by atoms with E-state index in [0.717, 1.165) is 0 Å². The molecular formula is C20H17NO5. The van der Waals surface area contributed by atoms with Gasteiger partial charge in [0.2, 0.25) is 6.79 Å². The fourth-order valence-electron chi connectivity index (χ4n) is 3.90. The fraction of sp³-hybridized carbons (Fsp3) is 0.300. The summed E-state index contributed by atoms with van der Waals surface area (Å²) in [6, 6.07) is 12.5. The minimum Gasteiger partial charge on any atom is -0.484 e. The first-order valence-electron chi connectivity index (χ1n) is 8.64. The van der Waals surface area contributed by atoms with Crippen LogP contribution >= 0.6 is 0 Å². The molecule has 6 nitrogen and oxygen atoms in total. The van der Waals surface area contributed by atoms with E-state index in [-0.39, 0.29) is 18.5 Å². The molecule has 0 aromatic heterocycles. The number of rotatable bonds is 1. The normalized spacial score (nSPS) is 23.1. The van der Waals surface area contributed by atoms with Gasteiger partial charge >= 0.3 is 0 Å². The molecule has 26 heavy (non-hydrogen) atoms. The Kier molecular flexibility index (Phi) is 3.22. The van der Waals surface area contributed by atoms with Crippen LogP contribution in [-0.4, -0.2) is 42.1 Å². The fourth-order valence-corrected chi connectivity index (χ4v) is 3.90. The van der Waals surface area contributed by atoms with E-state index in [9.17, 15) is 9.59 Å². The number of carbonyl (C=O) groups excluding carboxylic acids is 2. The average Bonchev–Trinajstić information content (AvgIpc) is 3.27. The van der Waals surface area contributed by atoms with Gasteiger partial charge in [-0.2, -0.15) is 0 Å². The number of hydrogen-bond donors (Lipinski definition) is 0. The molecule has 2 aromatic carbocycles. The first-order valence-corrected chi connectivity index (χ1v) is 8.64. The summed E-state index contributed by atoms with van der Waals surface area (Å²) in [5.74, 6) is 1.83. The van der Waals surface area contributed by atoms with Crippen molar-refractivity contribution < 1.29 is 23.8 Å². The van der Waals surface area contributed by atoms with Crippen LogP contribution in [-0.2, 0) is 0 Å². The zero-order valence-corrected chi connectivity index (χ0v) is 14.1. The molecule has 1 unspecified atom stereocenters. The highest BCUT2D eigenvalue weighted by molar-refractivity contribution is 6.00. The van der Waals surface area contributed by atoms with Crippen LogP contribution in [0.15, 0.2) is 42.5 Å². The van der Waals surface area contributed by atoms with E-state index >= 15 is 0 Å². The Morgan fingerprint density at radius 3 is 2.81 bits per heavy atom. The van der Waals surface area contributed by atoms with Gasteiger partial charge < -0.3 is 19.1 Å². The highest BCUT2D eigenvalue weighted by Gasteiger charge is 2.47. The summed E-state index contributed by atoms with van der Waals surface area (Å²) in [7, 11) is 0. The number of Topliss-reactive ketones (excluding diaryl/α,β-unsaturated/α-hetero) is 1. The second kappa shape index (κ2) is 5.49. The molecule has 6 heteroatoms. The third-order valence-electron chi connectivity index (χ3n) is 5.22. The van der Waals surface area contributed by atoms with Crippen molar-refractivity contribution in [2.45, 2.75) is 18.4 Å². The van der Waals surface area contributed by atoms with Crippen molar-refractivity contribution in [3.05, 3.63) is 53.6 Å². The van der Waals surface area contributed by atoms with Crippen LogP contribution in [0.2, 0.25) is 0 Å². The van der Waals surface area contributed by atoms with Gasteiger partial charge in [0.15, 0.2) is 17.3 Å². The van der Waals surface area contributed by atoms with E-state index in [2.05, 4.69) is 0 Å². The Morgan fingerprint density at radius 1 is 1.04 bits per heavy atom. The summed E-state index contributed by atoms with van der Waals surface area (Å²) in [5.41, 5.74) is 0.546. The maximum atomic E-state index is 12.9. The Labute approximate surface area is 150 Å². The summed E-state index contributed by atoms with van der Waals surface area (Å²) in [6.07, 6.45) is 0.943. The number of para-hydroxylation sites is 1. The lowest BCUT2D eigenvalue weighted by Gasteiger charge is -2.34. The number of nitrogens with zero attached hydrogens (tertiary/aromatic N) is 1. The van der Waals surface area contributed by atoms with Crippen LogP contribution in [0.25, 0.3) is 0 Å². The average molecular weight is 351 g/mol. The highest BCUT2D eigenvalue weighted by atomic mass is 16.7. The van der Waals surface area contributed by atoms with Crippen molar-refractivity contribution in [3.8, 4) is 17.2 Å². The molecule has 3 aliphatic heterocycles. The monoisotopic (exact) mass is 351 g/mol. The van der Waals surface area contributed by atoms with Crippen LogP contribution < -0.4 is 14.2 Å². The number of amides is 1. The van der Waals surface area contributed by atoms with Crippen LogP contribution in [0.5, 0.6) is 17.2 Å². The summed E-state index contributed by atoms with van der Waals surface area (Å²) in [5, 5.41) is 0. The molecule has 1 spiro atoms. The SMILES string of the molecule is O=C1CC2(CCN(C(=O)c3ccc4c(c3)OCO4)C2)Oc2ccccc21. The summed E-state index contributed by atoms with van der Waals surface area (Å²) < 4.78 is 16.8. The highest BCUT2D eigenvalue weighted by Crippen LogP contribution is 2.39. The van der Waals surface area contributed by atoms with Gasteiger partial charge in [0.1, 0.15) is 11.4 Å². The predicted octanol–water partition coefficient (Wildman–Crippen LogP) is 2.67. The first-order chi connectivity index (χ1) is 12.6. The molecule has 3 aliphatic rings. The number of ether oxygens (including phenoxy) is 3. The molecule has 1 atom stereocenters. The first kappa shape index (κ1) is 15.3. The van der Waals surface area contributed by atoms with Crippen molar-refractivity contribution in [1.82, 2.24) is 4.90 Å². The van der Waals surface area contributed by atoms with Gasteiger partial charge in [0, 0.05) is 18.5 Å². The van der Waals surface area contributed by atoms with E-state index in [0.29, 0.717) is 54.3 Å². The minimum absolute atomic E-state index is 0.0734. The van der Waals surface area contributed by atoms with Gasteiger partial charge in [-0.1, -0.05) is 12.1 Å². The van der Waals surface area contributed by atoms with Crippen LogP contribution in [0.4, 0.5) is 0 Å². The number of ketones is 1. The summed E-state index contributed by atoms with van der Waals surface area (Å²) in [6.45, 7) is 1.14. The smallest absolute Gasteiger partial charge is 0.254 e. The Bertz CT molecular complexity index is 924. The molecular weight excluding hydrogens is 334 g/mol. The zero-order valence-electron chi connectivity index (χ0n) is 14.1. The molecule has 132 valence electrons. The quantitative estimate of drug-likeness (QED) is 0.790. The number of fused-ring (bicyclic) bond motifs is 2. The van der Waals surface area contributed by atoms with E-state index in [1.54, 1.807) is 29.2 Å². The van der Waals surface area contributed by atoms with Crippen LogP contribution in [0, 0.1) is 0 Å². The van der Waals surface area contributed by atoms with E-state index in [4.69, 9.17) is 14.2 Å². The summed E-state index contributed by atoms with van der Waals surface area (Å²) in [4.78, 5) is 27.1. The van der Waals surface area contributed by atoms with Crippen molar-refractivity contribution in [3.63, 3.8) is 0 Å². The maximum absolute atomic E-state index is 12.9. The third-order valence-corrected chi connectivity index (χ3v) is 5.22. The molecule has 1 fully saturated rings. The second-order valence-electron chi connectivity index (χ2n) is 6.93. The van der Waals surface area contributed by atoms with Gasteiger partial charge in [-0.15, -0.1) is 0 Å². The van der Waals surface area contributed by atoms with Gasteiger partial charge in [0.25, 0.3) is 5.91 Å². The Hall–Kier alpha value is -3.02. The molecule has 0 saturated carbocycles. The predicted molar refractivity (Wildman–Crippen MR) is 91.8 cm³/mol. The molecule has 0 bridgehead atoms. The zero-order chi connectivity index (χ0) is 17.7. The second-order valence-corrected chi connectivity index (χ2v) is 6.93. The van der Waals surface area contributed by atoms with Crippen LogP contribution in [0.3, 0.4) is 0 Å². The molecule has 1 saturated heterocycles. The lowest BCUT2D eigenvalue weighted by Crippen LogP contribution is -2.45. The van der Waals surface area contributed by atoms with Crippen molar-refractivity contribution in [2.75, 3.05) is 19.9 Å². The van der Waals surface area contributed by atoms with Gasteiger partial charge in [-0.25, -0.2) is 0 Å². The number of benzene rings is 2. The van der Waals surface area contributed by atoms with E-state index in [1.807, 2.05) is 18.2 Å². The lowest BCUT2D eigenvalue weighted by molar-refractivity contribution is 0.0428. The largest absolute Gasteiger partial charge is 0.484 e.